The summed E-state index contributed by atoms with van der Waals surface area (Å²) in [7, 11) is 1.35. The van der Waals surface area contributed by atoms with E-state index in [2.05, 4.69) is 31.6 Å². The van der Waals surface area contributed by atoms with Crippen molar-refractivity contribution < 1.29 is 63.2 Å². The Kier molecular flexibility index (Phi) is 22.8. The summed E-state index contributed by atoms with van der Waals surface area (Å²) in [6.45, 7) is 10.0. The molecule has 23 nitrogen and oxygen atoms in total. The lowest BCUT2D eigenvalue weighted by Gasteiger charge is -2.44. The Balaban J connectivity index is 2.27. The number of phenolic OH excluding ortho intramolecular Hbond substituents is 1. The van der Waals surface area contributed by atoms with Crippen molar-refractivity contribution in [3.63, 3.8) is 0 Å². The molecule has 2 aliphatic heterocycles. The lowest BCUT2D eigenvalue weighted by atomic mass is 9.91. The number of aliphatic carboxylic acids is 1. The minimum atomic E-state index is -1.88. The van der Waals surface area contributed by atoms with Crippen molar-refractivity contribution in [2.75, 3.05) is 13.6 Å². The van der Waals surface area contributed by atoms with Gasteiger partial charge in [0.25, 0.3) is 0 Å². The maximum Gasteiger partial charge on any atom is 0.329 e. The average Bonchev–Trinajstić information content (AvgIpc) is 3.30. The van der Waals surface area contributed by atoms with E-state index in [-0.39, 0.29) is 56.8 Å². The summed E-state index contributed by atoms with van der Waals surface area (Å²) in [4.78, 5) is 132. The Morgan fingerprint density at radius 1 is 0.886 bits per heavy atom. The van der Waals surface area contributed by atoms with E-state index in [1.54, 1.807) is 39.8 Å². The third-order valence-corrected chi connectivity index (χ3v) is 12.9. The number of hydrogen-bond donors (Lipinski definition) is 10. The summed E-state index contributed by atoms with van der Waals surface area (Å²) in [5.74, 6) is -10.2. The first-order valence-corrected chi connectivity index (χ1v) is 24.1. The number of carboxylic acid groups (broad SMARTS) is 1. The van der Waals surface area contributed by atoms with Crippen molar-refractivity contribution in [1.82, 2.24) is 36.4 Å². The minimum absolute atomic E-state index is 0.00398. The highest BCUT2D eigenvalue weighted by atomic mass is 16.5. The molecule has 390 valence electrons. The number of benzene rings is 1. The fourth-order valence-electron chi connectivity index (χ4n) is 8.23. The zero-order valence-electron chi connectivity index (χ0n) is 41.3. The Labute approximate surface area is 408 Å². The number of amides is 7. The molecule has 0 radical (unpaired) electrons. The topological polar surface area (TPSA) is 355 Å². The van der Waals surface area contributed by atoms with Gasteiger partial charge in [0.15, 0.2) is 5.96 Å². The summed E-state index contributed by atoms with van der Waals surface area (Å²) in [5.41, 5.74) is 11.5. The van der Waals surface area contributed by atoms with Gasteiger partial charge in [0.05, 0.1) is 6.42 Å². The number of cyclic esters (lactones) is 1. The lowest BCUT2D eigenvalue weighted by Crippen LogP contribution is -2.66. The Morgan fingerprint density at radius 2 is 1.54 bits per heavy atom. The number of aliphatic hydroxyl groups is 1. The smallest absolute Gasteiger partial charge is 0.329 e. The summed E-state index contributed by atoms with van der Waals surface area (Å²) in [6, 6.07) is -4.72. The van der Waals surface area contributed by atoms with Crippen LogP contribution in [-0.2, 0) is 54.3 Å². The second-order valence-electron chi connectivity index (χ2n) is 18.2. The van der Waals surface area contributed by atoms with E-state index in [0.717, 1.165) is 16.2 Å². The Morgan fingerprint density at radius 3 is 2.14 bits per heavy atom. The number of aliphatic imine (C=N–C) groups is 1. The highest BCUT2D eigenvalue weighted by Crippen LogP contribution is 2.28. The second kappa shape index (κ2) is 27.6. The number of phenols is 1. The highest BCUT2D eigenvalue weighted by molar-refractivity contribution is 5.99. The van der Waals surface area contributed by atoms with Gasteiger partial charge in [0, 0.05) is 26.4 Å². The molecule has 2 heterocycles. The molecule has 12 N–H and O–H groups in total. The standard InChI is InChI=1S/C47H74N10O13/c1-8-11-12-15-34(59)51-32(24-36(61)62)41(64)55-38-27(6)70-46(69)37(25(4)9-2)54-42(65)33(23-28-16-18-29(58)19-17-28)56(7)45(68)39(26(5)10-3)57-35(60)21-20-31(44(57)67)53-40(63)30(52-43(38)66)14-13-22-50-47(48)49/h16-19,25-27,30-33,35,37-39,58,60H,8-15,20-24H2,1-7H3,(H,51,59)(H,52,66)(H,53,63)(H,54,65)(H,55,64)(H,61,62)(H4,48,49,50)/t25-,26-,27+,30-,31-,32-,33-,35+,37?,38-,39-/m0/s1. The van der Waals surface area contributed by atoms with Crippen molar-refractivity contribution in [1.29, 1.82) is 0 Å². The summed E-state index contributed by atoms with van der Waals surface area (Å²) >= 11 is 0. The summed E-state index contributed by atoms with van der Waals surface area (Å²) < 4.78 is 5.87. The quantitative estimate of drug-likeness (QED) is 0.0366. The molecule has 2 bridgehead atoms. The summed E-state index contributed by atoms with van der Waals surface area (Å²) in [5, 5.41) is 44.0. The van der Waals surface area contributed by atoms with E-state index >= 15 is 0 Å². The number of likely N-dealkylation sites (N-methyl/N-ethyl adjacent to an activating group) is 1. The number of piperidine rings is 1. The van der Waals surface area contributed by atoms with Gasteiger partial charge < -0.3 is 67.9 Å². The first kappa shape index (κ1) is 57.8. The number of esters is 1. The number of rotatable bonds is 19. The van der Waals surface area contributed by atoms with Gasteiger partial charge in [-0.3, -0.25) is 43.3 Å². The van der Waals surface area contributed by atoms with Gasteiger partial charge in [-0.05, 0) is 68.6 Å². The molecule has 3 rings (SSSR count). The van der Waals surface area contributed by atoms with Gasteiger partial charge in [-0.1, -0.05) is 72.4 Å². The molecule has 70 heavy (non-hydrogen) atoms. The van der Waals surface area contributed by atoms with Gasteiger partial charge in [-0.15, -0.1) is 0 Å². The molecule has 2 aliphatic rings. The van der Waals surface area contributed by atoms with Crippen LogP contribution in [0.15, 0.2) is 29.3 Å². The minimum Gasteiger partial charge on any atom is -0.508 e. The van der Waals surface area contributed by atoms with E-state index in [1.807, 2.05) is 6.92 Å². The molecule has 0 aliphatic carbocycles. The van der Waals surface area contributed by atoms with E-state index in [9.17, 15) is 58.5 Å². The van der Waals surface area contributed by atoms with Crippen molar-refractivity contribution in [2.24, 2.45) is 28.3 Å². The molecular weight excluding hydrogens is 913 g/mol. The van der Waals surface area contributed by atoms with E-state index in [1.165, 1.54) is 26.1 Å². The predicted molar refractivity (Wildman–Crippen MR) is 255 cm³/mol. The molecule has 23 heteroatoms. The van der Waals surface area contributed by atoms with Crippen LogP contribution in [0.1, 0.15) is 118 Å². The first-order chi connectivity index (χ1) is 33.0. The number of nitrogens with two attached hydrogens (primary N) is 2. The number of nitrogens with zero attached hydrogens (tertiary/aromatic N) is 3. The largest absolute Gasteiger partial charge is 0.508 e. The van der Waals surface area contributed by atoms with Crippen LogP contribution >= 0.6 is 0 Å². The lowest BCUT2D eigenvalue weighted by molar-refractivity contribution is -0.168. The number of fused-ring (bicyclic) bond motifs is 2. The van der Waals surface area contributed by atoms with Gasteiger partial charge in [0.2, 0.25) is 41.4 Å². The number of carboxylic acids is 1. The molecule has 0 spiro atoms. The zero-order chi connectivity index (χ0) is 52.4. The van der Waals surface area contributed by atoms with Crippen LogP contribution in [0.4, 0.5) is 0 Å². The van der Waals surface area contributed by atoms with Crippen molar-refractivity contribution in [2.45, 2.75) is 173 Å². The predicted octanol–water partition coefficient (Wildman–Crippen LogP) is -0.359. The van der Waals surface area contributed by atoms with Crippen LogP contribution in [0.5, 0.6) is 5.75 Å². The average molecular weight is 987 g/mol. The molecule has 1 unspecified atom stereocenters. The zero-order valence-corrected chi connectivity index (χ0v) is 41.3. The van der Waals surface area contributed by atoms with Gasteiger partial charge in [-0.25, -0.2) is 4.79 Å². The van der Waals surface area contributed by atoms with Gasteiger partial charge in [0.1, 0.15) is 60.4 Å². The molecule has 7 amide bonds. The van der Waals surface area contributed by atoms with Crippen LogP contribution < -0.4 is 38.1 Å². The number of hydrogen-bond acceptors (Lipinski definition) is 13. The molecule has 2 saturated heterocycles. The number of aliphatic hydroxyl groups excluding tert-OH is 1. The van der Waals surface area contributed by atoms with Crippen molar-refractivity contribution >= 4 is 59.2 Å². The highest BCUT2D eigenvalue weighted by Gasteiger charge is 2.47. The molecule has 2 fully saturated rings. The number of ether oxygens (including phenoxy) is 1. The molecule has 11 atom stereocenters. The fraction of sp³-hybridized carbons (Fsp3) is 0.660. The third kappa shape index (κ3) is 16.6. The van der Waals surface area contributed by atoms with Crippen molar-refractivity contribution in [3.05, 3.63) is 29.8 Å². The molecule has 1 aromatic carbocycles. The van der Waals surface area contributed by atoms with Crippen LogP contribution in [0, 0.1) is 11.8 Å². The molecular formula is C47H74N10O13. The van der Waals surface area contributed by atoms with Crippen molar-refractivity contribution in [3.8, 4) is 5.75 Å². The third-order valence-electron chi connectivity index (χ3n) is 12.9. The maximum atomic E-state index is 14.9. The second-order valence-corrected chi connectivity index (χ2v) is 18.2. The molecule has 1 aromatic rings. The normalized spacial score (nSPS) is 25.3. The number of carbonyl (C=O) groups is 9. The molecule has 0 saturated carbocycles. The van der Waals surface area contributed by atoms with Crippen LogP contribution in [-0.4, -0.2) is 153 Å². The Hall–Kier alpha value is -6.52. The summed E-state index contributed by atoms with van der Waals surface area (Å²) in [6.07, 6.45) is -1.87. The number of unbranched alkanes of at least 4 members (excludes halogenated alkanes) is 2. The Bertz CT molecular complexity index is 2030. The fourth-order valence-corrected chi connectivity index (χ4v) is 8.23. The van der Waals surface area contributed by atoms with Gasteiger partial charge in [-0.2, -0.15) is 0 Å². The van der Waals surface area contributed by atoms with E-state index in [4.69, 9.17) is 16.2 Å². The van der Waals surface area contributed by atoms with Crippen LogP contribution in [0.2, 0.25) is 0 Å². The van der Waals surface area contributed by atoms with Crippen LogP contribution in [0.3, 0.4) is 0 Å². The van der Waals surface area contributed by atoms with E-state index < -0.39 is 126 Å². The number of aromatic hydroxyl groups is 1. The number of carbonyl (C=O) groups excluding carboxylic acids is 8. The maximum absolute atomic E-state index is 14.9. The SMILES string of the molecule is CCCCCC(=O)N[C@@H](CC(=O)O)C(=O)N[C@@H]1C(=O)N[C@@H](CCCN=C(N)N)C(=O)N[C@H]2CC[C@@H](O)N(C2=O)[C@@H]([C@@H](C)CC)C(=O)N(C)[C@@H](Cc2ccc(O)cc2)C(=O)NC([C@@H](C)CC)C(=O)O[C@@H]1C. The monoisotopic (exact) mass is 987 g/mol. The van der Waals surface area contributed by atoms with Gasteiger partial charge >= 0.3 is 11.9 Å². The van der Waals surface area contributed by atoms with E-state index in [0.29, 0.717) is 31.2 Å². The number of nitrogens with one attached hydrogen (secondary N) is 5. The van der Waals surface area contributed by atoms with Crippen LogP contribution in [0.25, 0.3) is 0 Å². The molecule has 0 aromatic heterocycles. The first-order valence-electron chi connectivity index (χ1n) is 24.1. The number of guanidine groups is 1.